The Morgan fingerprint density at radius 3 is 2.50 bits per heavy atom. The average molecular weight is 253 g/mol. The van der Waals surface area contributed by atoms with E-state index in [-0.39, 0.29) is 18.9 Å². The molecule has 4 heteroatoms. The number of rotatable bonds is 8. The largest absolute Gasteiger partial charge is 0.394 e. The first kappa shape index (κ1) is 16.6. The summed E-state index contributed by atoms with van der Waals surface area (Å²) >= 11 is 0. The molecule has 18 heavy (non-hydrogen) atoms. The molecular weight excluding hydrogens is 230 g/mol. The lowest BCUT2D eigenvalue weighted by Crippen LogP contribution is -2.36. The van der Waals surface area contributed by atoms with Crippen molar-refractivity contribution < 1.29 is 14.7 Å². The molecule has 102 valence electrons. The Morgan fingerprint density at radius 2 is 2.00 bits per heavy atom. The molecule has 0 aromatic heterocycles. The van der Waals surface area contributed by atoms with E-state index in [1.54, 1.807) is 0 Å². The van der Waals surface area contributed by atoms with E-state index < -0.39 is 6.04 Å². The third kappa shape index (κ3) is 8.70. The van der Waals surface area contributed by atoms with Crippen LogP contribution in [0.5, 0.6) is 0 Å². The van der Waals surface area contributed by atoms with Crippen molar-refractivity contribution >= 4 is 12.2 Å². The molecule has 0 radical (unpaired) electrons. The number of carbonyl (C=O) groups excluding carboxylic acids is 2. The Morgan fingerprint density at radius 1 is 1.33 bits per heavy atom. The van der Waals surface area contributed by atoms with Crippen molar-refractivity contribution in [3.05, 3.63) is 23.3 Å². The highest BCUT2D eigenvalue weighted by atomic mass is 16.3. The third-order valence-corrected chi connectivity index (χ3v) is 2.42. The molecule has 0 heterocycles. The minimum atomic E-state index is -0.489. The summed E-state index contributed by atoms with van der Waals surface area (Å²) < 4.78 is 0. The van der Waals surface area contributed by atoms with Gasteiger partial charge in [0, 0.05) is 12.5 Å². The number of aliphatic hydroxyl groups excluding tert-OH is 1. The van der Waals surface area contributed by atoms with Gasteiger partial charge in [-0.25, -0.2) is 0 Å². The van der Waals surface area contributed by atoms with Crippen molar-refractivity contribution in [3.63, 3.8) is 0 Å². The van der Waals surface area contributed by atoms with Crippen molar-refractivity contribution in [1.82, 2.24) is 5.32 Å². The number of allylic oxidation sites excluding steroid dienone is 3. The van der Waals surface area contributed by atoms with Gasteiger partial charge in [0.2, 0.25) is 5.91 Å². The van der Waals surface area contributed by atoms with Crippen molar-refractivity contribution in [2.24, 2.45) is 0 Å². The van der Waals surface area contributed by atoms with E-state index in [4.69, 9.17) is 5.11 Å². The van der Waals surface area contributed by atoms with Crippen LogP contribution in [0.2, 0.25) is 0 Å². The zero-order valence-electron chi connectivity index (χ0n) is 11.4. The maximum atomic E-state index is 11.6. The molecule has 1 amide bonds. The number of hydrogen-bond acceptors (Lipinski definition) is 3. The Hall–Kier alpha value is -1.42. The Balaban J connectivity index is 4.17. The van der Waals surface area contributed by atoms with Crippen LogP contribution < -0.4 is 5.32 Å². The molecule has 1 atom stereocenters. The van der Waals surface area contributed by atoms with E-state index in [2.05, 4.69) is 11.4 Å². The van der Waals surface area contributed by atoms with Gasteiger partial charge in [-0.15, -0.1) is 0 Å². The van der Waals surface area contributed by atoms with E-state index in [0.29, 0.717) is 6.29 Å². The third-order valence-electron chi connectivity index (χ3n) is 2.42. The van der Waals surface area contributed by atoms with Gasteiger partial charge >= 0.3 is 0 Å². The van der Waals surface area contributed by atoms with Crippen LogP contribution in [-0.4, -0.2) is 29.9 Å². The van der Waals surface area contributed by atoms with Gasteiger partial charge in [0.25, 0.3) is 0 Å². The summed E-state index contributed by atoms with van der Waals surface area (Å²) in [5.74, 6) is -0.259. The molecular formula is C14H23NO3. The maximum absolute atomic E-state index is 11.6. The molecule has 0 bridgehead atoms. The molecule has 0 aliphatic heterocycles. The molecule has 0 spiro atoms. The fourth-order valence-electron chi connectivity index (χ4n) is 1.42. The van der Waals surface area contributed by atoms with Crippen LogP contribution in [-0.2, 0) is 9.59 Å². The van der Waals surface area contributed by atoms with E-state index >= 15 is 0 Å². The molecule has 0 aliphatic rings. The lowest BCUT2D eigenvalue weighted by Gasteiger charge is -2.11. The second kappa shape index (κ2) is 9.59. The summed E-state index contributed by atoms with van der Waals surface area (Å²) in [5.41, 5.74) is 2.24. The maximum Gasteiger partial charge on any atom is 0.244 e. The highest BCUT2D eigenvalue weighted by Gasteiger charge is 2.08. The van der Waals surface area contributed by atoms with Crippen molar-refractivity contribution in [2.75, 3.05) is 6.61 Å². The van der Waals surface area contributed by atoms with Crippen molar-refractivity contribution in [2.45, 2.75) is 46.1 Å². The van der Waals surface area contributed by atoms with Gasteiger partial charge in [0.15, 0.2) is 0 Å². The minimum absolute atomic E-state index is 0.132. The highest BCUT2D eigenvalue weighted by molar-refractivity contribution is 5.88. The summed E-state index contributed by atoms with van der Waals surface area (Å²) in [6.07, 6.45) is 6.20. The van der Waals surface area contributed by atoms with Crippen LogP contribution in [0.1, 0.15) is 40.0 Å². The van der Waals surface area contributed by atoms with Crippen LogP contribution in [0, 0.1) is 0 Å². The van der Waals surface area contributed by atoms with Gasteiger partial charge in [0.05, 0.1) is 12.6 Å². The molecule has 0 aromatic rings. The number of amides is 1. The van der Waals surface area contributed by atoms with E-state index in [1.165, 1.54) is 11.6 Å². The molecule has 0 aliphatic carbocycles. The fraction of sp³-hybridized carbons (Fsp3) is 0.571. The van der Waals surface area contributed by atoms with Gasteiger partial charge < -0.3 is 15.2 Å². The molecule has 0 rings (SSSR count). The monoisotopic (exact) mass is 253 g/mol. The normalized spacial score (nSPS) is 12.8. The van der Waals surface area contributed by atoms with E-state index in [1.807, 2.05) is 20.8 Å². The van der Waals surface area contributed by atoms with Crippen LogP contribution >= 0.6 is 0 Å². The fourth-order valence-corrected chi connectivity index (χ4v) is 1.42. The van der Waals surface area contributed by atoms with Crippen LogP contribution in [0.4, 0.5) is 0 Å². The first-order chi connectivity index (χ1) is 8.49. The number of aliphatic hydroxyl groups is 1. The number of carbonyl (C=O) groups is 2. The zero-order chi connectivity index (χ0) is 14.0. The van der Waals surface area contributed by atoms with Gasteiger partial charge in [-0.3, -0.25) is 4.79 Å². The standard InChI is InChI=1S/C14H23NO3/c1-11(2)5-4-6-12(3)9-14(18)15-13(10-17)7-8-16/h5,8-9,13,17H,4,6-7,10H2,1-3H3,(H,15,18)/b12-9+. The SMILES string of the molecule is CC(C)=CCC/C(C)=C/C(=O)NC(CO)CC=O. The van der Waals surface area contributed by atoms with E-state index in [9.17, 15) is 9.59 Å². The van der Waals surface area contributed by atoms with Crippen molar-refractivity contribution in [1.29, 1.82) is 0 Å². The lowest BCUT2D eigenvalue weighted by atomic mass is 10.1. The Kier molecular flexibility index (Phi) is 8.84. The summed E-state index contributed by atoms with van der Waals surface area (Å²) in [6, 6.07) is -0.489. The number of aldehydes is 1. The Bertz CT molecular complexity index is 328. The molecule has 2 N–H and O–H groups in total. The second-order valence-electron chi connectivity index (χ2n) is 4.60. The van der Waals surface area contributed by atoms with Gasteiger partial charge in [-0.05, 0) is 33.6 Å². The minimum Gasteiger partial charge on any atom is -0.394 e. The van der Waals surface area contributed by atoms with Crippen LogP contribution in [0.15, 0.2) is 23.3 Å². The summed E-state index contributed by atoms with van der Waals surface area (Å²) in [6.45, 7) is 5.75. The molecule has 0 fully saturated rings. The molecule has 1 unspecified atom stereocenters. The molecule has 4 nitrogen and oxygen atoms in total. The molecule has 0 saturated heterocycles. The van der Waals surface area contributed by atoms with Crippen LogP contribution in [0.3, 0.4) is 0 Å². The smallest absolute Gasteiger partial charge is 0.244 e. The van der Waals surface area contributed by atoms with E-state index in [0.717, 1.165) is 18.4 Å². The van der Waals surface area contributed by atoms with Crippen LogP contribution in [0.25, 0.3) is 0 Å². The van der Waals surface area contributed by atoms with Gasteiger partial charge in [-0.2, -0.15) is 0 Å². The lowest BCUT2D eigenvalue weighted by molar-refractivity contribution is -0.117. The van der Waals surface area contributed by atoms with Crippen molar-refractivity contribution in [3.8, 4) is 0 Å². The number of hydrogen-bond donors (Lipinski definition) is 2. The molecule has 0 saturated carbocycles. The predicted octanol–water partition coefficient (Wildman–Crippen LogP) is 1.75. The predicted molar refractivity (Wildman–Crippen MR) is 72.1 cm³/mol. The topological polar surface area (TPSA) is 66.4 Å². The first-order valence-corrected chi connectivity index (χ1v) is 6.15. The quantitative estimate of drug-likeness (QED) is 0.393. The summed E-state index contributed by atoms with van der Waals surface area (Å²) in [5, 5.41) is 11.5. The summed E-state index contributed by atoms with van der Waals surface area (Å²) in [7, 11) is 0. The number of nitrogens with one attached hydrogen (secondary N) is 1. The zero-order valence-corrected chi connectivity index (χ0v) is 11.4. The second-order valence-corrected chi connectivity index (χ2v) is 4.60. The Labute approximate surface area is 109 Å². The highest BCUT2D eigenvalue weighted by Crippen LogP contribution is 2.06. The van der Waals surface area contributed by atoms with Gasteiger partial charge in [-0.1, -0.05) is 17.2 Å². The first-order valence-electron chi connectivity index (χ1n) is 6.15. The summed E-state index contributed by atoms with van der Waals surface area (Å²) in [4.78, 5) is 21.9. The average Bonchev–Trinajstić information content (AvgIpc) is 2.27. The van der Waals surface area contributed by atoms with Gasteiger partial charge in [0.1, 0.15) is 6.29 Å². The molecule has 0 aromatic carbocycles.